The molecule has 1 aliphatic rings. The number of nitrogens with two attached hydrogens (primary N) is 1. The third-order valence-corrected chi connectivity index (χ3v) is 5.34. The number of hydrogen-bond donors (Lipinski definition) is 2. The summed E-state index contributed by atoms with van der Waals surface area (Å²) < 4.78 is 0.230. The van der Waals surface area contributed by atoms with Crippen LogP contribution in [0.4, 0.5) is 5.69 Å². The Hall–Kier alpha value is -1.16. The Balaban J connectivity index is 1.95. The van der Waals surface area contributed by atoms with Crippen molar-refractivity contribution in [2.24, 2.45) is 0 Å². The van der Waals surface area contributed by atoms with E-state index in [1.807, 2.05) is 17.8 Å². The summed E-state index contributed by atoms with van der Waals surface area (Å²) >= 11 is 1.89. The quantitative estimate of drug-likeness (QED) is 0.832. The molecule has 0 aliphatic heterocycles. The van der Waals surface area contributed by atoms with Crippen LogP contribution in [0.1, 0.15) is 42.5 Å². The minimum absolute atomic E-state index is 0.0219. The molecule has 1 aliphatic carbocycles. The van der Waals surface area contributed by atoms with Crippen molar-refractivity contribution in [3.8, 4) is 0 Å². The average Bonchev–Trinajstić information content (AvgIpc) is 2.46. The smallest absolute Gasteiger partial charge is 0.251 e. The van der Waals surface area contributed by atoms with Crippen molar-refractivity contribution < 1.29 is 4.79 Å². The summed E-state index contributed by atoms with van der Waals surface area (Å²) in [6.45, 7) is 0.752. The largest absolute Gasteiger partial charge is 0.399 e. The van der Waals surface area contributed by atoms with Crippen LogP contribution in [-0.2, 0) is 0 Å². The first-order valence-electron chi connectivity index (χ1n) is 6.84. The summed E-state index contributed by atoms with van der Waals surface area (Å²) in [5.41, 5.74) is 6.98. The Kier molecular flexibility index (Phi) is 4.75. The maximum absolute atomic E-state index is 12.1. The number of rotatable bonds is 4. The van der Waals surface area contributed by atoms with E-state index < -0.39 is 0 Å². The molecule has 1 saturated carbocycles. The summed E-state index contributed by atoms with van der Waals surface area (Å²) in [7, 11) is 0. The van der Waals surface area contributed by atoms with Gasteiger partial charge in [0.05, 0.1) is 0 Å². The summed E-state index contributed by atoms with van der Waals surface area (Å²) in [5, 5.41) is 3.07. The van der Waals surface area contributed by atoms with Gasteiger partial charge in [0.25, 0.3) is 5.91 Å². The van der Waals surface area contributed by atoms with Gasteiger partial charge in [0.15, 0.2) is 0 Å². The molecule has 0 saturated heterocycles. The van der Waals surface area contributed by atoms with Crippen LogP contribution < -0.4 is 11.1 Å². The van der Waals surface area contributed by atoms with Gasteiger partial charge in [-0.1, -0.05) is 25.3 Å². The number of carbonyl (C=O) groups excluding carboxylic acids is 1. The fourth-order valence-corrected chi connectivity index (χ4v) is 3.59. The molecular formula is C15H22N2OS. The van der Waals surface area contributed by atoms with Crippen LogP contribution in [0.2, 0.25) is 0 Å². The molecule has 1 aromatic rings. The molecule has 1 amide bonds. The fourth-order valence-electron chi connectivity index (χ4n) is 2.67. The van der Waals surface area contributed by atoms with Crippen LogP contribution in [0.3, 0.4) is 0 Å². The van der Waals surface area contributed by atoms with Gasteiger partial charge in [-0.15, -0.1) is 0 Å². The second-order valence-electron chi connectivity index (χ2n) is 5.26. The molecule has 0 spiro atoms. The van der Waals surface area contributed by atoms with Crippen LogP contribution in [0, 0.1) is 0 Å². The first kappa shape index (κ1) is 14.3. The Morgan fingerprint density at radius 3 is 2.74 bits per heavy atom. The van der Waals surface area contributed by atoms with Crippen molar-refractivity contribution in [2.45, 2.75) is 36.9 Å². The highest BCUT2D eigenvalue weighted by Gasteiger charge is 2.31. The zero-order valence-corrected chi connectivity index (χ0v) is 12.3. The van der Waals surface area contributed by atoms with E-state index in [0.717, 1.165) is 6.54 Å². The molecule has 0 aromatic heterocycles. The lowest BCUT2D eigenvalue weighted by atomic mass is 9.88. The van der Waals surface area contributed by atoms with Gasteiger partial charge in [0.2, 0.25) is 0 Å². The van der Waals surface area contributed by atoms with E-state index >= 15 is 0 Å². The first-order chi connectivity index (χ1) is 9.15. The number of thioether (sulfide) groups is 1. The van der Waals surface area contributed by atoms with Gasteiger partial charge in [-0.2, -0.15) is 11.8 Å². The number of nitrogen functional groups attached to an aromatic ring is 1. The summed E-state index contributed by atoms with van der Waals surface area (Å²) in [6, 6.07) is 7.14. The SMILES string of the molecule is CSC1(CNC(=O)c2cccc(N)c2)CCCCC1. The van der Waals surface area contributed by atoms with E-state index in [1.54, 1.807) is 18.2 Å². The summed E-state index contributed by atoms with van der Waals surface area (Å²) in [6.07, 6.45) is 8.42. The van der Waals surface area contributed by atoms with Gasteiger partial charge in [-0.05, 0) is 37.3 Å². The highest BCUT2D eigenvalue weighted by Crippen LogP contribution is 2.37. The predicted molar refractivity (Wildman–Crippen MR) is 82.5 cm³/mol. The fraction of sp³-hybridized carbons (Fsp3) is 0.533. The number of nitrogens with one attached hydrogen (secondary N) is 1. The normalized spacial score (nSPS) is 17.9. The maximum atomic E-state index is 12.1. The topological polar surface area (TPSA) is 55.1 Å². The molecular weight excluding hydrogens is 256 g/mol. The van der Waals surface area contributed by atoms with E-state index in [1.165, 1.54) is 32.1 Å². The molecule has 1 aromatic carbocycles. The third kappa shape index (κ3) is 3.66. The number of hydrogen-bond acceptors (Lipinski definition) is 3. The summed E-state index contributed by atoms with van der Waals surface area (Å²) in [5.74, 6) is -0.0219. The highest BCUT2D eigenvalue weighted by molar-refractivity contribution is 8.00. The molecule has 0 unspecified atom stereocenters. The number of benzene rings is 1. The Bertz CT molecular complexity index is 442. The molecule has 1 fully saturated rings. The van der Waals surface area contributed by atoms with Crippen molar-refractivity contribution in [1.29, 1.82) is 0 Å². The van der Waals surface area contributed by atoms with Gasteiger partial charge in [-0.3, -0.25) is 4.79 Å². The van der Waals surface area contributed by atoms with Crippen LogP contribution in [0.25, 0.3) is 0 Å². The lowest BCUT2D eigenvalue weighted by Gasteiger charge is -2.35. The molecule has 2 rings (SSSR count). The van der Waals surface area contributed by atoms with Gasteiger partial charge in [0, 0.05) is 22.5 Å². The van der Waals surface area contributed by atoms with Gasteiger partial charge in [0.1, 0.15) is 0 Å². The molecule has 0 atom stereocenters. The van der Waals surface area contributed by atoms with Crippen LogP contribution in [0.15, 0.2) is 24.3 Å². The van der Waals surface area contributed by atoms with E-state index in [-0.39, 0.29) is 10.7 Å². The monoisotopic (exact) mass is 278 g/mol. The van der Waals surface area contributed by atoms with Gasteiger partial charge >= 0.3 is 0 Å². The number of carbonyl (C=O) groups is 1. The van der Waals surface area contributed by atoms with Crippen molar-refractivity contribution in [2.75, 3.05) is 18.5 Å². The second kappa shape index (κ2) is 6.33. The minimum Gasteiger partial charge on any atom is -0.399 e. The van der Waals surface area contributed by atoms with Crippen molar-refractivity contribution in [1.82, 2.24) is 5.32 Å². The van der Waals surface area contributed by atoms with Gasteiger partial charge < -0.3 is 11.1 Å². The Morgan fingerprint density at radius 1 is 1.37 bits per heavy atom. The van der Waals surface area contributed by atoms with E-state index in [0.29, 0.717) is 11.3 Å². The number of anilines is 1. The van der Waals surface area contributed by atoms with Crippen molar-refractivity contribution in [3.05, 3.63) is 29.8 Å². The Morgan fingerprint density at radius 2 is 2.11 bits per heavy atom. The van der Waals surface area contributed by atoms with Crippen molar-refractivity contribution in [3.63, 3.8) is 0 Å². The van der Waals surface area contributed by atoms with Crippen molar-refractivity contribution >= 4 is 23.4 Å². The first-order valence-corrected chi connectivity index (χ1v) is 8.07. The lowest BCUT2D eigenvalue weighted by Crippen LogP contribution is -2.41. The third-order valence-electron chi connectivity index (χ3n) is 3.92. The molecule has 104 valence electrons. The van der Waals surface area contributed by atoms with E-state index in [9.17, 15) is 4.79 Å². The molecule has 3 nitrogen and oxygen atoms in total. The molecule has 0 radical (unpaired) electrons. The van der Waals surface area contributed by atoms with Crippen LogP contribution in [-0.4, -0.2) is 23.5 Å². The summed E-state index contributed by atoms with van der Waals surface area (Å²) in [4.78, 5) is 12.1. The lowest BCUT2D eigenvalue weighted by molar-refractivity contribution is 0.0947. The van der Waals surface area contributed by atoms with Gasteiger partial charge in [-0.25, -0.2) is 0 Å². The minimum atomic E-state index is -0.0219. The second-order valence-corrected chi connectivity index (χ2v) is 6.53. The zero-order chi connectivity index (χ0) is 13.7. The molecule has 0 heterocycles. The van der Waals surface area contributed by atoms with Crippen LogP contribution >= 0.6 is 11.8 Å². The van der Waals surface area contributed by atoms with Crippen LogP contribution in [0.5, 0.6) is 0 Å². The standard InChI is InChI=1S/C15H22N2OS/c1-19-15(8-3-2-4-9-15)11-17-14(18)12-6-5-7-13(16)10-12/h5-7,10H,2-4,8-9,11,16H2,1H3,(H,17,18). The Labute approximate surface area is 119 Å². The predicted octanol–water partition coefficient (Wildman–Crippen LogP) is 3.06. The number of amides is 1. The average molecular weight is 278 g/mol. The molecule has 19 heavy (non-hydrogen) atoms. The molecule has 0 bridgehead atoms. The zero-order valence-electron chi connectivity index (χ0n) is 11.4. The highest BCUT2D eigenvalue weighted by atomic mass is 32.2. The molecule has 3 N–H and O–H groups in total. The van der Waals surface area contributed by atoms with E-state index in [2.05, 4.69) is 11.6 Å². The molecule has 4 heteroatoms. The van der Waals surface area contributed by atoms with E-state index in [4.69, 9.17) is 5.73 Å². The maximum Gasteiger partial charge on any atom is 0.251 e.